The molecule has 41 heavy (non-hydrogen) atoms. The van der Waals surface area contributed by atoms with Crippen molar-refractivity contribution in [2.45, 2.75) is 25.4 Å². The first kappa shape index (κ1) is 26.7. The Balaban J connectivity index is 1.01. The van der Waals surface area contributed by atoms with Crippen LogP contribution < -0.4 is 10.6 Å². The molecule has 1 amide bonds. The Morgan fingerprint density at radius 2 is 1.66 bits per heavy atom. The maximum atomic E-state index is 13.2. The number of piperidine rings is 1. The van der Waals surface area contributed by atoms with Gasteiger partial charge in [0.1, 0.15) is 22.7 Å². The van der Waals surface area contributed by atoms with E-state index in [9.17, 15) is 9.18 Å². The fraction of sp³-hybridized carbons (Fsp3) is 0.233. The highest BCUT2D eigenvalue weighted by molar-refractivity contribution is 7.00. The fourth-order valence-corrected chi connectivity index (χ4v) is 5.55. The molecule has 2 N–H and O–H groups in total. The molecule has 2 aromatic heterocycles. The third-order valence-corrected chi connectivity index (χ3v) is 7.84. The predicted molar refractivity (Wildman–Crippen MR) is 159 cm³/mol. The standard InChI is InChI=1S/C30H29FN8OS/c1-38(19-20-2-11-26-27(18-20)37-41-36-26)25-13-16-39(17-14-25)29(40)21-3-7-24(8-4-21)34-30-32-15-12-28(35-30)33-23-9-5-22(31)6-10-23/h2-12,15,18,25H,13-14,16-17,19H2,1H3,(H2,32,33,34,35). The number of fused-ring (bicyclic) bond motifs is 1. The highest BCUT2D eigenvalue weighted by atomic mass is 32.1. The zero-order valence-corrected chi connectivity index (χ0v) is 23.3. The van der Waals surface area contributed by atoms with E-state index in [4.69, 9.17) is 0 Å². The highest BCUT2D eigenvalue weighted by Gasteiger charge is 2.26. The minimum Gasteiger partial charge on any atom is -0.340 e. The second kappa shape index (κ2) is 11.9. The second-order valence-electron chi connectivity index (χ2n) is 10.1. The Labute approximate surface area is 241 Å². The van der Waals surface area contributed by atoms with E-state index in [0.717, 1.165) is 54.9 Å². The van der Waals surface area contributed by atoms with Crippen molar-refractivity contribution in [2.75, 3.05) is 30.8 Å². The second-order valence-corrected chi connectivity index (χ2v) is 10.7. The summed E-state index contributed by atoms with van der Waals surface area (Å²) in [5, 5.41) is 6.30. The average Bonchev–Trinajstić information content (AvgIpc) is 3.47. The lowest BCUT2D eigenvalue weighted by Gasteiger charge is -2.37. The molecule has 0 aliphatic carbocycles. The lowest BCUT2D eigenvalue weighted by molar-refractivity contribution is 0.0639. The van der Waals surface area contributed by atoms with Crippen molar-refractivity contribution in [3.63, 3.8) is 0 Å². The number of amides is 1. The average molecular weight is 569 g/mol. The third-order valence-electron chi connectivity index (χ3n) is 7.29. The van der Waals surface area contributed by atoms with Crippen LogP contribution in [-0.2, 0) is 6.54 Å². The first-order valence-electron chi connectivity index (χ1n) is 13.4. The van der Waals surface area contributed by atoms with Crippen molar-refractivity contribution in [3.05, 3.63) is 95.9 Å². The molecule has 1 aliphatic heterocycles. The monoisotopic (exact) mass is 568 g/mol. The summed E-state index contributed by atoms with van der Waals surface area (Å²) < 4.78 is 21.8. The number of benzene rings is 3. The third kappa shape index (κ3) is 6.47. The Hall–Kier alpha value is -4.48. The van der Waals surface area contributed by atoms with Crippen molar-refractivity contribution in [3.8, 4) is 0 Å². The quantitative estimate of drug-likeness (QED) is 0.241. The van der Waals surface area contributed by atoms with Crippen LogP contribution >= 0.6 is 11.7 Å². The van der Waals surface area contributed by atoms with E-state index in [2.05, 4.69) is 53.4 Å². The SMILES string of the molecule is CN(Cc1ccc2nsnc2c1)C1CCN(C(=O)c2ccc(Nc3nccc(Nc4ccc(F)cc4)n3)cc2)CC1. The van der Waals surface area contributed by atoms with E-state index in [1.54, 1.807) is 24.4 Å². The van der Waals surface area contributed by atoms with Crippen LogP contribution in [0.15, 0.2) is 79.0 Å². The number of halogens is 1. The fourth-order valence-electron chi connectivity index (χ4n) is 5.03. The molecule has 1 aliphatic rings. The minimum absolute atomic E-state index is 0.0425. The molecule has 0 unspecified atom stereocenters. The summed E-state index contributed by atoms with van der Waals surface area (Å²) in [5.41, 5.74) is 5.26. The van der Waals surface area contributed by atoms with Gasteiger partial charge in [0.05, 0.1) is 11.7 Å². The van der Waals surface area contributed by atoms with Gasteiger partial charge in [0, 0.05) is 48.8 Å². The first-order chi connectivity index (χ1) is 20.0. The van der Waals surface area contributed by atoms with E-state index >= 15 is 0 Å². The highest BCUT2D eigenvalue weighted by Crippen LogP contribution is 2.23. The van der Waals surface area contributed by atoms with Crippen LogP contribution in [0.1, 0.15) is 28.8 Å². The van der Waals surface area contributed by atoms with Crippen LogP contribution in [0.4, 0.5) is 27.5 Å². The van der Waals surface area contributed by atoms with Gasteiger partial charge in [-0.2, -0.15) is 13.7 Å². The molecule has 9 nitrogen and oxygen atoms in total. The zero-order valence-electron chi connectivity index (χ0n) is 22.5. The van der Waals surface area contributed by atoms with E-state index in [-0.39, 0.29) is 11.7 Å². The van der Waals surface area contributed by atoms with Gasteiger partial charge in [-0.1, -0.05) is 6.07 Å². The lowest BCUT2D eigenvalue weighted by Crippen LogP contribution is -2.45. The van der Waals surface area contributed by atoms with Crippen molar-refractivity contribution in [2.24, 2.45) is 0 Å². The minimum atomic E-state index is -0.297. The van der Waals surface area contributed by atoms with E-state index < -0.39 is 0 Å². The van der Waals surface area contributed by atoms with Crippen LogP contribution in [-0.4, -0.2) is 60.6 Å². The molecular formula is C30H29FN8OS. The van der Waals surface area contributed by atoms with Gasteiger partial charge < -0.3 is 15.5 Å². The largest absolute Gasteiger partial charge is 0.340 e. The normalized spacial score (nSPS) is 14.0. The van der Waals surface area contributed by atoms with E-state index in [1.807, 2.05) is 35.2 Å². The molecule has 1 saturated heterocycles. The number of carbonyl (C=O) groups excluding carboxylic acids is 1. The summed E-state index contributed by atoms with van der Waals surface area (Å²) in [5.74, 6) is 0.730. The number of hydrogen-bond donors (Lipinski definition) is 2. The smallest absolute Gasteiger partial charge is 0.253 e. The van der Waals surface area contributed by atoms with Crippen LogP contribution in [0.2, 0.25) is 0 Å². The summed E-state index contributed by atoms with van der Waals surface area (Å²) in [7, 11) is 2.15. The van der Waals surface area contributed by atoms with Crippen LogP contribution in [0.5, 0.6) is 0 Å². The number of carbonyl (C=O) groups is 1. The summed E-state index contributed by atoms with van der Waals surface area (Å²) in [6, 6.07) is 21.8. The van der Waals surface area contributed by atoms with Crippen molar-refractivity contribution >= 4 is 51.8 Å². The Bertz CT molecular complexity index is 1630. The van der Waals surface area contributed by atoms with Crippen LogP contribution in [0.3, 0.4) is 0 Å². The molecule has 0 radical (unpaired) electrons. The number of rotatable bonds is 8. The maximum absolute atomic E-state index is 13.2. The van der Waals surface area contributed by atoms with Gasteiger partial charge in [0.15, 0.2) is 0 Å². The predicted octanol–water partition coefficient (Wildman–Crippen LogP) is 5.84. The van der Waals surface area contributed by atoms with Crippen molar-refractivity contribution < 1.29 is 9.18 Å². The van der Waals surface area contributed by atoms with Gasteiger partial charge in [0.25, 0.3) is 5.91 Å². The number of hydrogen-bond acceptors (Lipinski definition) is 9. The van der Waals surface area contributed by atoms with Gasteiger partial charge in [0.2, 0.25) is 5.95 Å². The number of anilines is 4. The van der Waals surface area contributed by atoms with Crippen LogP contribution in [0.25, 0.3) is 11.0 Å². The lowest BCUT2D eigenvalue weighted by atomic mass is 10.0. The van der Waals surface area contributed by atoms with Gasteiger partial charge in [-0.25, -0.2) is 9.37 Å². The van der Waals surface area contributed by atoms with Crippen molar-refractivity contribution in [1.29, 1.82) is 0 Å². The number of nitrogens with one attached hydrogen (secondary N) is 2. The van der Waals surface area contributed by atoms with Gasteiger partial charge in [-0.3, -0.25) is 9.69 Å². The van der Waals surface area contributed by atoms with Gasteiger partial charge in [-0.15, -0.1) is 0 Å². The Morgan fingerprint density at radius 1 is 0.951 bits per heavy atom. The van der Waals surface area contributed by atoms with Gasteiger partial charge in [-0.05, 0) is 92.2 Å². The molecule has 0 bridgehead atoms. The Morgan fingerprint density at radius 3 is 2.44 bits per heavy atom. The van der Waals surface area contributed by atoms with Crippen LogP contribution in [0, 0.1) is 5.82 Å². The molecule has 208 valence electrons. The topological polar surface area (TPSA) is 99.2 Å². The van der Waals surface area contributed by atoms with Crippen molar-refractivity contribution in [1.82, 2.24) is 28.5 Å². The molecule has 0 saturated carbocycles. The van der Waals surface area contributed by atoms with E-state index in [0.29, 0.717) is 23.4 Å². The number of nitrogens with zero attached hydrogens (tertiary/aromatic N) is 6. The number of aromatic nitrogens is 4. The molecule has 3 aromatic carbocycles. The maximum Gasteiger partial charge on any atom is 0.253 e. The van der Waals surface area contributed by atoms with E-state index in [1.165, 1.54) is 29.4 Å². The zero-order chi connectivity index (χ0) is 28.2. The molecule has 5 aromatic rings. The summed E-state index contributed by atoms with van der Waals surface area (Å²) in [4.78, 5) is 26.2. The molecule has 1 fully saturated rings. The first-order valence-corrected chi connectivity index (χ1v) is 14.2. The summed E-state index contributed by atoms with van der Waals surface area (Å²) in [6.07, 6.45) is 3.50. The van der Waals surface area contributed by atoms with Gasteiger partial charge >= 0.3 is 0 Å². The molecule has 0 atom stereocenters. The molecule has 6 rings (SSSR count). The number of likely N-dealkylation sites (tertiary alicyclic amines) is 1. The molecule has 0 spiro atoms. The molecule has 3 heterocycles. The molecular weight excluding hydrogens is 539 g/mol. The Kier molecular flexibility index (Phi) is 7.79. The molecule has 11 heteroatoms. The summed E-state index contributed by atoms with van der Waals surface area (Å²) in [6.45, 7) is 2.30. The summed E-state index contributed by atoms with van der Waals surface area (Å²) >= 11 is 1.24.